The number of hydrogen-bond donors (Lipinski definition) is 1. The van der Waals surface area contributed by atoms with Gasteiger partial charge in [-0.25, -0.2) is 0 Å². The van der Waals surface area contributed by atoms with Crippen molar-refractivity contribution in [1.82, 2.24) is 4.90 Å². The van der Waals surface area contributed by atoms with Crippen molar-refractivity contribution in [3.63, 3.8) is 0 Å². The number of amides is 1. The Kier molecular flexibility index (Phi) is 6.12. The second-order valence-electron chi connectivity index (χ2n) is 8.31. The number of aryl methyl sites for hydroxylation is 1. The molecule has 5 heteroatoms. The maximum absolute atomic E-state index is 13.2. The largest absolute Gasteiger partial charge is 0.507 e. The number of nitrogens with zero attached hydrogens (tertiary/aromatic N) is 1. The molecule has 5 nitrogen and oxygen atoms in total. The third kappa shape index (κ3) is 3.97. The van der Waals surface area contributed by atoms with E-state index in [9.17, 15) is 14.7 Å². The van der Waals surface area contributed by atoms with Gasteiger partial charge in [0.2, 0.25) is 0 Å². The summed E-state index contributed by atoms with van der Waals surface area (Å²) in [5.41, 5.74) is 2.56. The van der Waals surface area contributed by atoms with E-state index in [1.807, 2.05) is 38.1 Å². The molecular weight excluding hydrogens is 390 g/mol. The van der Waals surface area contributed by atoms with Crippen LogP contribution in [0.1, 0.15) is 61.8 Å². The van der Waals surface area contributed by atoms with Gasteiger partial charge >= 0.3 is 0 Å². The van der Waals surface area contributed by atoms with E-state index in [-0.39, 0.29) is 17.4 Å². The van der Waals surface area contributed by atoms with Gasteiger partial charge in [0.1, 0.15) is 11.5 Å². The maximum Gasteiger partial charge on any atom is 0.295 e. The number of carbonyl (C=O) groups is 2. The highest BCUT2D eigenvalue weighted by molar-refractivity contribution is 6.46. The fourth-order valence-electron chi connectivity index (χ4n) is 4.82. The number of ether oxygens (including phenoxy) is 1. The quantitative estimate of drug-likeness (QED) is 0.414. The number of rotatable bonds is 5. The Morgan fingerprint density at radius 3 is 2.35 bits per heavy atom. The molecule has 0 spiro atoms. The fourth-order valence-corrected chi connectivity index (χ4v) is 4.82. The van der Waals surface area contributed by atoms with Gasteiger partial charge in [-0.05, 0) is 62.1 Å². The number of Topliss-reactive ketones (excluding diaryl/α,β-unsaturated/α-hetero) is 1. The number of aliphatic hydroxyl groups is 1. The standard InChI is InChI=1S/C26H29NO4/c1-3-31-20-15-13-18(14-16-20)24(28)22-23(21-12-8-7-9-17(21)2)27(26(30)25(22)29)19-10-5-4-6-11-19/h7-9,12-16,19,23,28H,3-6,10-11H2,1-2H3/b24-22-. The van der Waals surface area contributed by atoms with Crippen LogP contribution in [0.25, 0.3) is 5.76 Å². The van der Waals surface area contributed by atoms with Crippen molar-refractivity contribution in [2.45, 2.75) is 58.0 Å². The Balaban J connectivity index is 1.84. The smallest absolute Gasteiger partial charge is 0.295 e. The summed E-state index contributed by atoms with van der Waals surface area (Å²) in [6, 6.07) is 14.2. The molecule has 1 N–H and O–H groups in total. The average Bonchev–Trinajstić information content (AvgIpc) is 3.05. The zero-order chi connectivity index (χ0) is 22.0. The first-order chi connectivity index (χ1) is 15.0. The summed E-state index contributed by atoms with van der Waals surface area (Å²) in [7, 11) is 0. The molecule has 1 aliphatic carbocycles. The predicted octanol–water partition coefficient (Wildman–Crippen LogP) is 5.15. The van der Waals surface area contributed by atoms with Crippen LogP contribution in [0.3, 0.4) is 0 Å². The van der Waals surface area contributed by atoms with Crippen LogP contribution in [0.4, 0.5) is 0 Å². The van der Waals surface area contributed by atoms with E-state index in [1.54, 1.807) is 29.2 Å². The molecule has 1 unspecified atom stereocenters. The van der Waals surface area contributed by atoms with Gasteiger partial charge in [-0.1, -0.05) is 43.5 Å². The number of likely N-dealkylation sites (tertiary alicyclic amines) is 1. The molecule has 1 amide bonds. The van der Waals surface area contributed by atoms with Crippen LogP contribution in [-0.2, 0) is 9.59 Å². The summed E-state index contributed by atoms with van der Waals surface area (Å²) in [5, 5.41) is 11.2. The van der Waals surface area contributed by atoms with Crippen molar-refractivity contribution in [2.75, 3.05) is 6.61 Å². The Morgan fingerprint density at radius 2 is 1.71 bits per heavy atom. The molecule has 2 aromatic carbocycles. The van der Waals surface area contributed by atoms with Crippen LogP contribution in [0.5, 0.6) is 5.75 Å². The van der Waals surface area contributed by atoms with Crippen LogP contribution < -0.4 is 4.74 Å². The second-order valence-corrected chi connectivity index (χ2v) is 8.31. The number of carbonyl (C=O) groups excluding carboxylic acids is 2. The van der Waals surface area contributed by atoms with Gasteiger partial charge in [0.05, 0.1) is 18.2 Å². The summed E-state index contributed by atoms with van der Waals surface area (Å²) in [5.74, 6) is -0.553. The van der Waals surface area contributed by atoms with Crippen molar-refractivity contribution >= 4 is 17.4 Å². The summed E-state index contributed by atoms with van der Waals surface area (Å²) in [6.07, 6.45) is 5.03. The van der Waals surface area contributed by atoms with E-state index in [0.29, 0.717) is 17.9 Å². The van der Waals surface area contributed by atoms with Crippen LogP contribution in [0, 0.1) is 6.92 Å². The lowest BCUT2D eigenvalue weighted by Crippen LogP contribution is -2.40. The molecule has 1 atom stereocenters. The summed E-state index contributed by atoms with van der Waals surface area (Å²) < 4.78 is 5.48. The summed E-state index contributed by atoms with van der Waals surface area (Å²) >= 11 is 0. The van der Waals surface area contributed by atoms with Gasteiger partial charge in [0.25, 0.3) is 11.7 Å². The lowest BCUT2D eigenvalue weighted by molar-refractivity contribution is -0.141. The third-order valence-electron chi connectivity index (χ3n) is 6.37. The lowest BCUT2D eigenvalue weighted by Gasteiger charge is -2.36. The average molecular weight is 420 g/mol. The third-order valence-corrected chi connectivity index (χ3v) is 6.37. The highest BCUT2D eigenvalue weighted by atomic mass is 16.5. The predicted molar refractivity (Wildman–Crippen MR) is 120 cm³/mol. The molecule has 31 heavy (non-hydrogen) atoms. The molecular formula is C26H29NO4. The van der Waals surface area contributed by atoms with E-state index in [1.165, 1.54) is 0 Å². The minimum Gasteiger partial charge on any atom is -0.507 e. The highest BCUT2D eigenvalue weighted by Gasteiger charge is 2.49. The minimum atomic E-state index is -0.606. The summed E-state index contributed by atoms with van der Waals surface area (Å²) in [4.78, 5) is 28.1. The van der Waals surface area contributed by atoms with E-state index < -0.39 is 17.7 Å². The van der Waals surface area contributed by atoms with E-state index in [2.05, 4.69) is 0 Å². The van der Waals surface area contributed by atoms with Gasteiger partial charge in [0.15, 0.2) is 0 Å². The normalized spacial score (nSPS) is 21.5. The van der Waals surface area contributed by atoms with Crippen molar-refractivity contribution in [1.29, 1.82) is 0 Å². The minimum absolute atomic E-state index is 0.0143. The lowest BCUT2D eigenvalue weighted by atomic mass is 9.89. The first kappa shape index (κ1) is 21.2. The number of hydrogen-bond acceptors (Lipinski definition) is 4. The maximum atomic E-state index is 13.2. The highest BCUT2D eigenvalue weighted by Crippen LogP contribution is 2.43. The van der Waals surface area contributed by atoms with Gasteiger partial charge in [0, 0.05) is 11.6 Å². The molecule has 1 saturated heterocycles. The molecule has 1 aliphatic heterocycles. The second kappa shape index (κ2) is 8.96. The van der Waals surface area contributed by atoms with E-state index >= 15 is 0 Å². The Labute approximate surface area is 183 Å². The number of aliphatic hydroxyl groups excluding tert-OH is 1. The van der Waals surface area contributed by atoms with Gasteiger partial charge in [-0.2, -0.15) is 0 Å². The van der Waals surface area contributed by atoms with Crippen LogP contribution in [-0.4, -0.2) is 34.3 Å². The molecule has 0 bridgehead atoms. The molecule has 1 saturated carbocycles. The monoisotopic (exact) mass is 419 g/mol. The Hall–Kier alpha value is -3.08. The van der Waals surface area contributed by atoms with Crippen molar-refractivity contribution in [2.24, 2.45) is 0 Å². The summed E-state index contributed by atoms with van der Waals surface area (Å²) in [6.45, 7) is 4.43. The molecule has 1 heterocycles. The zero-order valence-corrected chi connectivity index (χ0v) is 18.1. The van der Waals surface area contributed by atoms with Crippen LogP contribution >= 0.6 is 0 Å². The first-order valence-electron chi connectivity index (χ1n) is 11.1. The molecule has 0 radical (unpaired) electrons. The number of ketones is 1. The van der Waals surface area contributed by atoms with Crippen molar-refractivity contribution < 1.29 is 19.4 Å². The van der Waals surface area contributed by atoms with E-state index in [0.717, 1.165) is 43.2 Å². The molecule has 4 rings (SSSR count). The topological polar surface area (TPSA) is 66.8 Å². The molecule has 2 aliphatic rings. The molecule has 0 aromatic heterocycles. The van der Waals surface area contributed by atoms with E-state index in [4.69, 9.17) is 4.74 Å². The van der Waals surface area contributed by atoms with Gasteiger partial charge in [-0.15, -0.1) is 0 Å². The zero-order valence-electron chi connectivity index (χ0n) is 18.1. The van der Waals surface area contributed by atoms with Gasteiger partial charge in [-0.3, -0.25) is 9.59 Å². The van der Waals surface area contributed by atoms with Crippen LogP contribution in [0.2, 0.25) is 0 Å². The van der Waals surface area contributed by atoms with Crippen LogP contribution in [0.15, 0.2) is 54.1 Å². The number of benzene rings is 2. The SMILES string of the molecule is CCOc1ccc(/C(O)=C2/C(=O)C(=O)N(C3CCCCC3)C2c2ccccc2C)cc1. The van der Waals surface area contributed by atoms with Crippen molar-refractivity contribution in [3.05, 3.63) is 70.8 Å². The Bertz CT molecular complexity index is 1000. The van der Waals surface area contributed by atoms with Crippen molar-refractivity contribution in [3.8, 4) is 5.75 Å². The molecule has 162 valence electrons. The Morgan fingerprint density at radius 1 is 1.03 bits per heavy atom. The fraction of sp³-hybridized carbons (Fsp3) is 0.385. The van der Waals surface area contributed by atoms with Gasteiger partial charge < -0.3 is 14.7 Å². The first-order valence-corrected chi connectivity index (χ1v) is 11.1. The molecule has 2 fully saturated rings. The molecule has 2 aromatic rings.